The van der Waals surface area contributed by atoms with Crippen molar-refractivity contribution < 1.29 is 4.42 Å². The normalized spacial score (nSPS) is 14.4. The van der Waals surface area contributed by atoms with E-state index in [1.165, 1.54) is 45.7 Å². The summed E-state index contributed by atoms with van der Waals surface area (Å²) < 4.78 is 7.98. The lowest BCUT2D eigenvalue weighted by atomic mass is 10.0. The average Bonchev–Trinajstić information content (AvgIpc) is 3.13. The largest absolute Gasteiger partial charge is 0.461 e. The lowest BCUT2D eigenvalue weighted by Gasteiger charge is -2.20. The van der Waals surface area contributed by atoms with Gasteiger partial charge in [0.25, 0.3) is 0 Å². The van der Waals surface area contributed by atoms with Gasteiger partial charge in [-0.05, 0) is 38.8 Å². The molecule has 0 saturated carbocycles. The van der Waals surface area contributed by atoms with Crippen LogP contribution in [0, 0.1) is 0 Å². The number of fused-ring (bicyclic) bond motifs is 2. The van der Waals surface area contributed by atoms with E-state index < -0.39 is 0 Å². The molecule has 1 aromatic carbocycles. The molecule has 4 nitrogen and oxygen atoms in total. The number of hydrogen-bond acceptors (Lipinski definition) is 4. The minimum atomic E-state index is 0.187. The van der Waals surface area contributed by atoms with Crippen LogP contribution in [0.4, 0.5) is 0 Å². The lowest BCUT2D eigenvalue weighted by Crippen LogP contribution is -2.28. The molecule has 0 unspecified atom stereocenters. The second kappa shape index (κ2) is 6.81. The van der Waals surface area contributed by atoms with E-state index in [-0.39, 0.29) is 4.87 Å². The Labute approximate surface area is 151 Å². The third kappa shape index (κ3) is 3.07. The van der Waals surface area contributed by atoms with Gasteiger partial charge in [0, 0.05) is 34.5 Å². The lowest BCUT2D eigenvalue weighted by molar-refractivity contribution is 0.252. The molecule has 0 aliphatic heterocycles. The van der Waals surface area contributed by atoms with Gasteiger partial charge in [0.05, 0.1) is 6.67 Å². The van der Waals surface area contributed by atoms with Crippen molar-refractivity contribution in [2.75, 3.05) is 7.05 Å². The molecule has 0 bridgehead atoms. The van der Waals surface area contributed by atoms with Crippen molar-refractivity contribution in [2.24, 2.45) is 0 Å². The summed E-state index contributed by atoms with van der Waals surface area (Å²) in [6.45, 7) is 3.56. The number of aryl methyl sites for hydroxylation is 2. The molecule has 0 atom stereocenters. The van der Waals surface area contributed by atoms with Gasteiger partial charge < -0.3 is 4.42 Å². The highest BCUT2D eigenvalue weighted by Crippen LogP contribution is 2.28. The van der Waals surface area contributed by atoms with E-state index in [0.29, 0.717) is 6.67 Å². The van der Waals surface area contributed by atoms with Crippen LogP contribution in [0.15, 0.2) is 33.5 Å². The number of hydrogen-bond donors (Lipinski definition) is 0. The highest BCUT2D eigenvalue weighted by atomic mass is 32.1. The number of nitrogens with zero attached hydrogens (tertiary/aromatic N) is 2. The van der Waals surface area contributed by atoms with E-state index in [4.69, 9.17) is 4.42 Å². The zero-order valence-corrected chi connectivity index (χ0v) is 15.7. The molecular formula is C20H24N2O2S. The van der Waals surface area contributed by atoms with Gasteiger partial charge in [0.15, 0.2) is 0 Å². The van der Waals surface area contributed by atoms with Crippen LogP contribution in [0.2, 0.25) is 0 Å². The summed E-state index contributed by atoms with van der Waals surface area (Å²) in [6.07, 6.45) is 5.39. The highest BCUT2D eigenvalue weighted by molar-refractivity contribution is 7.09. The van der Waals surface area contributed by atoms with Crippen molar-refractivity contribution in [3.63, 3.8) is 0 Å². The third-order valence-corrected chi connectivity index (χ3v) is 6.14. The van der Waals surface area contributed by atoms with Crippen LogP contribution in [-0.2, 0) is 32.5 Å². The quantitative estimate of drug-likeness (QED) is 0.688. The maximum absolute atomic E-state index is 12.4. The number of benzene rings is 1. The Kier molecular flexibility index (Phi) is 4.52. The predicted octanol–water partition coefficient (Wildman–Crippen LogP) is 4.19. The molecule has 0 spiro atoms. The van der Waals surface area contributed by atoms with Crippen LogP contribution in [0.5, 0.6) is 0 Å². The molecule has 1 aliphatic carbocycles. The average molecular weight is 356 g/mol. The van der Waals surface area contributed by atoms with Crippen molar-refractivity contribution in [3.05, 3.63) is 55.8 Å². The molecular weight excluding hydrogens is 332 g/mol. The summed E-state index contributed by atoms with van der Waals surface area (Å²) in [4.78, 5) is 16.1. The van der Waals surface area contributed by atoms with Gasteiger partial charge in [-0.1, -0.05) is 36.5 Å². The molecule has 132 valence electrons. The first-order valence-corrected chi connectivity index (χ1v) is 9.88. The van der Waals surface area contributed by atoms with Crippen molar-refractivity contribution >= 4 is 22.3 Å². The van der Waals surface area contributed by atoms with Gasteiger partial charge in [-0.25, -0.2) is 0 Å². The van der Waals surface area contributed by atoms with Crippen LogP contribution in [0.25, 0.3) is 11.0 Å². The van der Waals surface area contributed by atoms with Gasteiger partial charge in [0.2, 0.25) is 0 Å². The van der Waals surface area contributed by atoms with Gasteiger partial charge in [-0.2, -0.15) is 0 Å². The maximum Gasteiger partial charge on any atom is 0.308 e. The Morgan fingerprint density at radius 3 is 2.88 bits per heavy atom. The molecule has 1 aliphatic rings. The van der Waals surface area contributed by atoms with E-state index >= 15 is 0 Å². The summed E-state index contributed by atoms with van der Waals surface area (Å²) in [5.41, 5.74) is 3.46. The molecule has 3 aromatic rings. The number of furan rings is 1. The summed E-state index contributed by atoms with van der Waals surface area (Å²) in [5.74, 6) is 1.05. The van der Waals surface area contributed by atoms with Crippen molar-refractivity contribution in [2.45, 2.75) is 52.2 Å². The summed E-state index contributed by atoms with van der Waals surface area (Å²) in [7, 11) is 2.08. The van der Waals surface area contributed by atoms with Gasteiger partial charge >= 0.3 is 4.87 Å². The van der Waals surface area contributed by atoms with E-state index in [1.807, 2.05) is 16.7 Å². The Morgan fingerprint density at radius 1 is 1.24 bits per heavy atom. The minimum Gasteiger partial charge on any atom is -0.461 e. The zero-order valence-electron chi connectivity index (χ0n) is 14.9. The molecule has 2 aromatic heterocycles. The van der Waals surface area contributed by atoms with Crippen LogP contribution in [0.3, 0.4) is 0 Å². The molecule has 0 amide bonds. The number of aromatic nitrogens is 1. The first kappa shape index (κ1) is 16.6. The van der Waals surface area contributed by atoms with E-state index in [2.05, 4.69) is 31.0 Å². The van der Waals surface area contributed by atoms with E-state index in [9.17, 15) is 4.79 Å². The Balaban J connectivity index is 1.60. The molecule has 0 saturated heterocycles. The van der Waals surface area contributed by atoms with Gasteiger partial charge in [-0.3, -0.25) is 14.3 Å². The van der Waals surface area contributed by atoms with Gasteiger partial charge in [0.1, 0.15) is 11.3 Å². The number of para-hydroxylation sites is 1. The molecule has 0 radical (unpaired) electrons. The summed E-state index contributed by atoms with van der Waals surface area (Å²) >= 11 is 1.44. The van der Waals surface area contributed by atoms with Crippen LogP contribution >= 0.6 is 11.3 Å². The maximum atomic E-state index is 12.4. The van der Waals surface area contributed by atoms with Crippen LogP contribution < -0.4 is 4.87 Å². The molecule has 25 heavy (non-hydrogen) atoms. The molecule has 2 heterocycles. The SMILES string of the molecule is CCc1oc2ccccc2c1CN(C)Cn1c2c(sc1=O)CCCC2. The molecule has 4 rings (SSSR count). The van der Waals surface area contributed by atoms with Crippen LogP contribution in [0.1, 0.15) is 41.7 Å². The fraction of sp³-hybridized carbons (Fsp3) is 0.450. The third-order valence-electron chi connectivity index (χ3n) is 5.06. The highest BCUT2D eigenvalue weighted by Gasteiger charge is 2.20. The van der Waals surface area contributed by atoms with Crippen molar-refractivity contribution in [3.8, 4) is 0 Å². The molecule has 5 heteroatoms. The van der Waals surface area contributed by atoms with Gasteiger partial charge in [-0.15, -0.1) is 0 Å². The van der Waals surface area contributed by atoms with Crippen molar-refractivity contribution in [1.82, 2.24) is 9.47 Å². The van der Waals surface area contributed by atoms with Crippen LogP contribution in [-0.4, -0.2) is 16.5 Å². The second-order valence-corrected chi connectivity index (χ2v) is 7.93. The standard InChI is InChI=1S/C20H24N2O2S/c1-3-17-15(14-8-4-6-10-18(14)24-17)12-21(2)13-22-16-9-5-7-11-19(16)25-20(22)23/h4,6,8,10H,3,5,7,9,11-13H2,1-2H3. The minimum absolute atomic E-state index is 0.187. The Morgan fingerprint density at radius 2 is 2.04 bits per heavy atom. The molecule has 0 N–H and O–H groups in total. The zero-order chi connectivity index (χ0) is 17.4. The predicted molar refractivity (Wildman–Crippen MR) is 102 cm³/mol. The van der Waals surface area contributed by atoms with E-state index in [0.717, 1.165) is 37.2 Å². The molecule has 0 fully saturated rings. The first-order chi connectivity index (χ1) is 12.2. The summed E-state index contributed by atoms with van der Waals surface area (Å²) in [5, 5.41) is 1.19. The summed E-state index contributed by atoms with van der Waals surface area (Å²) in [6, 6.07) is 8.22. The number of thiazole rings is 1. The van der Waals surface area contributed by atoms with Crippen molar-refractivity contribution in [1.29, 1.82) is 0 Å². The smallest absolute Gasteiger partial charge is 0.308 e. The Bertz CT molecular complexity index is 950. The van der Waals surface area contributed by atoms with E-state index in [1.54, 1.807) is 0 Å². The fourth-order valence-electron chi connectivity index (χ4n) is 3.84. The monoisotopic (exact) mass is 356 g/mol. The first-order valence-electron chi connectivity index (χ1n) is 9.06. The Hall–Kier alpha value is -1.85. The number of rotatable bonds is 5. The fourth-order valence-corrected chi connectivity index (χ4v) is 4.91. The topological polar surface area (TPSA) is 38.4 Å². The second-order valence-electron chi connectivity index (χ2n) is 6.88.